The molecule has 1 atom stereocenters. The molecule has 0 bridgehead atoms. The molecule has 1 saturated heterocycles. The molecule has 1 aliphatic heterocycles. The molecule has 9 nitrogen and oxygen atoms in total. The Kier molecular flexibility index (Phi) is 8.77. The highest BCUT2D eigenvalue weighted by atomic mass is 127. The predicted octanol–water partition coefficient (Wildman–Crippen LogP) is 1.40. The number of aliphatic imine (C=N–C) groups is 1. The van der Waals surface area contributed by atoms with E-state index in [1.54, 1.807) is 16.8 Å². The van der Waals surface area contributed by atoms with Crippen LogP contribution in [0.4, 0.5) is 0 Å². The van der Waals surface area contributed by atoms with Crippen molar-refractivity contribution in [1.29, 1.82) is 0 Å². The van der Waals surface area contributed by atoms with E-state index in [9.17, 15) is 4.79 Å². The Morgan fingerprint density at radius 1 is 1.43 bits per heavy atom. The minimum atomic E-state index is -0.233. The zero-order chi connectivity index (χ0) is 19.1. The molecule has 28 heavy (non-hydrogen) atoms. The molecule has 10 heteroatoms. The van der Waals surface area contributed by atoms with Crippen LogP contribution >= 0.6 is 24.0 Å². The summed E-state index contributed by atoms with van der Waals surface area (Å²) in [6, 6.07) is 3.32. The number of hydrogen-bond donors (Lipinski definition) is 2. The van der Waals surface area contributed by atoms with E-state index in [4.69, 9.17) is 9.15 Å². The van der Waals surface area contributed by atoms with Gasteiger partial charge in [0.15, 0.2) is 11.7 Å². The Morgan fingerprint density at radius 2 is 2.29 bits per heavy atom. The Hall–Kier alpha value is -2.08. The summed E-state index contributed by atoms with van der Waals surface area (Å²) < 4.78 is 12.7. The molecule has 1 aliphatic rings. The number of aromatic nitrogens is 2. The van der Waals surface area contributed by atoms with E-state index in [2.05, 4.69) is 25.6 Å². The van der Waals surface area contributed by atoms with Crippen molar-refractivity contribution in [2.24, 2.45) is 12.0 Å². The van der Waals surface area contributed by atoms with Gasteiger partial charge in [0, 0.05) is 38.4 Å². The molecule has 3 heterocycles. The van der Waals surface area contributed by atoms with E-state index >= 15 is 0 Å². The normalized spacial score (nSPS) is 17.1. The van der Waals surface area contributed by atoms with Gasteiger partial charge in [0.2, 0.25) is 0 Å². The Labute approximate surface area is 181 Å². The van der Waals surface area contributed by atoms with Crippen molar-refractivity contribution in [3.05, 3.63) is 42.1 Å². The monoisotopic (exact) mass is 502 g/mol. The first-order chi connectivity index (χ1) is 13.2. The van der Waals surface area contributed by atoms with Crippen LogP contribution in [0.1, 0.15) is 29.1 Å². The minimum Gasteiger partial charge on any atom is -0.459 e. The Balaban J connectivity index is 0.00000280. The smallest absolute Gasteiger partial charge is 0.287 e. The molecule has 0 aromatic carbocycles. The molecule has 1 unspecified atom stereocenters. The fourth-order valence-corrected chi connectivity index (χ4v) is 2.90. The lowest BCUT2D eigenvalue weighted by Crippen LogP contribution is -2.48. The lowest BCUT2D eigenvalue weighted by atomic mass is 10.1. The summed E-state index contributed by atoms with van der Waals surface area (Å²) in [5.74, 6) is 0.892. The van der Waals surface area contributed by atoms with Crippen LogP contribution in [0.25, 0.3) is 0 Å². The van der Waals surface area contributed by atoms with Crippen molar-refractivity contribution >= 4 is 35.8 Å². The fraction of sp³-hybridized carbons (Fsp3) is 0.500. The molecule has 3 rings (SSSR count). The van der Waals surface area contributed by atoms with Crippen LogP contribution in [0.15, 0.2) is 40.2 Å². The van der Waals surface area contributed by atoms with E-state index in [1.165, 1.54) is 6.26 Å². The topological polar surface area (TPSA) is 96.9 Å². The third-order valence-corrected chi connectivity index (χ3v) is 4.20. The maximum Gasteiger partial charge on any atom is 0.287 e. The molecule has 1 fully saturated rings. The summed E-state index contributed by atoms with van der Waals surface area (Å²) in [7, 11) is 1.90. The average molecular weight is 502 g/mol. The number of aryl methyl sites for hydroxylation is 1. The maximum absolute atomic E-state index is 11.9. The first kappa shape index (κ1) is 22.2. The summed E-state index contributed by atoms with van der Waals surface area (Å²) in [5.41, 5.74) is 1.06. The zero-order valence-corrected chi connectivity index (χ0v) is 18.5. The van der Waals surface area contributed by atoms with Gasteiger partial charge in [-0.1, -0.05) is 0 Å². The summed E-state index contributed by atoms with van der Waals surface area (Å²) >= 11 is 0. The summed E-state index contributed by atoms with van der Waals surface area (Å²) in [6.07, 6.45) is 5.26. The van der Waals surface area contributed by atoms with Gasteiger partial charge in [0.05, 0.1) is 32.2 Å². The summed E-state index contributed by atoms with van der Waals surface area (Å²) in [4.78, 5) is 18.7. The summed E-state index contributed by atoms with van der Waals surface area (Å²) in [5, 5.41) is 10.3. The lowest BCUT2D eigenvalue weighted by molar-refractivity contribution is -0.00803. The van der Waals surface area contributed by atoms with E-state index < -0.39 is 0 Å². The quantitative estimate of drug-likeness (QED) is 0.269. The predicted molar refractivity (Wildman–Crippen MR) is 116 cm³/mol. The Morgan fingerprint density at radius 3 is 2.96 bits per heavy atom. The molecule has 1 amide bonds. The van der Waals surface area contributed by atoms with Gasteiger partial charge < -0.3 is 24.7 Å². The number of halogens is 1. The number of nitrogens with zero attached hydrogens (tertiary/aromatic N) is 4. The van der Waals surface area contributed by atoms with Crippen molar-refractivity contribution in [3.63, 3.8) is 0 Å². The van der Waals surface area contributed by atoms with Gasteiger partial charge in [-0.25, -0.2) is 0 Å². The van der Waals surface area contributed by atoms with Gasteiger partial charge in [-0.05, 0) is 19.1 Å². The van der Waals surface area contributed by atoms with Gasteiger partial charge >= 0.3 is 0 Å². The van der Waals surface area contributed by atoms with Gasteiger partial charge in [0.1, 0.15) is 6.10 Å². The largest absolute Gasteiger partial charge is 0.459 e. The molecule has 154 valence electrons. The van der Waals surface area contributed by atoms with Crippen molar-refractivity contribution in [1.82, 2.24) is 25.3 Å². The van der Waals surface area contributed by atoms with E-state index in [-0.39, 0.29) is 36.0 Å². The maximum atomic E-state index is 11.9. The van der Waals surface area contributed by atoms with E-state index in [0.29, 0.717) is 32.0 Å². The number of guanidine groups is 1. The van der Waals surface area contributed by atoms with E-state index in [1.807, 2.05) is 26.4 Å². The van der Waals surface area contributed by atoms with Crippen molar-refractivity contribution < 1.29 is 13.9 Å². The van der Waals surface area contributed by atoms with Gasteiger partial charge in [-0.3, -0.25) is 14.5 Å². The van der Waals surface area contributed by atoms with Crippen LogP contribution in [-0.2, 0) is 11.8 Å². The number of furan rings is 1. The van der Waals surface area contributed by atoms with Crippen LogP contribution in [0.2, 0.25) is 0 Å². The van der Waals surface area contributed by atoms with Crippen molar-refractivity contribution in [2.45, 2.75) is 13.0 Å². The molecule has 0 saturated carbocycles. The number of nitrogens with one attached hydrogen (secondary N) is 2. The molecular formula is C18H27IN6O3. The highest BCUT2D eigenvalue weighted by molar-refractivity contribution is 14.0. The molecule has 0 spiro atoms. The van der Waals surface area contributed by atoms with Crippen molar-refractivity contribution in [3.8, 4) is 0 Å². The van der Waals surface area contributed by atoms with Crippen LogP contribution in [0.5, 0.6) is 0 Å². The SMILES string of the molecule is CCNC(=NCCNC(=O)c1ccco1)N1CCOC(c2cnn(C)c2)C1.I. The molecule has 2 N–H and O–H groups in total. The van der Waals surface area contributed by atoms with Gasteiger partial charge in [-0.2, -0.15) is 5.10 Å². The summed E-state index contributed by atoms with van der Waals surface area (Å²) in [6.45, 7) is 5.81. The third-order valence-electron chi connectivity index (χ3n) is 4.20. The van der Waals surface area contributed by atoms with Gasteiger partial charge in [0.25, 0.3) is 5.91 Å². The molecule has 2 aromatic rings. The second-order valence-corrected chi connectivity index (χ2v) is 6.22. The number of morpholine rings is 1. The van der Waals surface area contributed by atoms with Crippen LogP contribution in [0.3, 0.4) is 0 Å². The van der Waals surface area contributed by atoms with Crippen LogP contribution in [0, 0.1) is 0 Å². The third kappa shape index (κ3) is 5.96. The van der Waals surface area contributed by atoms with E-state index in [0.717, 1.165) is 24.6 Å². The second-order valence-electron chi connectivity index (χ2n) is 6.22. The van der Waals surface area contributed by atoms with Gasteiger partial charge in [-0.15, -0.1) is 24.0 Å². The lowest BCUT2D eigenvalue weighted by Gasteiger charge is -2.34. The first-order valence-electron chi connectivity index (χ1n) is 9.12. The molecule has 0 aliphatic carbocycles. The molecule has 2 aromatic heterocycles. The van der Waals surface area contributed by atoms with Crippen molar-refractivity contribution in [2.75, 3.05) is 39.3 Å². The second kappa shape index (κ2) is 11.1. The number of amides is 1. The number of carbonyl (C=O) groups excluding carboxylic acids is 1. The minimum absolute atomic E-state index is 0. The molecular weight excluding hydrogens is 475 g/mol. The van der Waals surface area contributed by atoms with Crippen LogP contribution < -0.4 is 10.6 Å². The number of rotatable bonds is 6. The van der Waals surface area contributed by atoms with Crippen LogP contribution in [-0.4, -0.2) is 65.9 Å². The molecule has 0 radical (unpaired) electrons. The standard InChI is InChI=1S/C18H26N6O3.HI/c1-3-19-18(21-7-6-20-17(25)15-5-4-9-26-15)24-8-10-27-16(13-24)14-11-22-23(2)12-14;/h4-5,9,11-12,16H,3,6-8,10,13H2,1-2H3,(H,19,21)(H,20,25);1H. The number of ether oxygens (including phenoxy) is 1. The first-order valence-corrected chi connectivity index (χ1v) is 9.12. The highest BCUT2D eigenvalue weighted by Gasteiger charge is 2.25. The Bertz CT molecular complexity index is 761. The number of carbonyl (C=O) groups is 1. The fourth-order valence-electron chi connectivity index (χ4n) is 2.90. The number of hydrogen-bond acceptors (Lipinski definition) is 5. The average Bonchev–Trinajstić information content (AvgIpc) is 3.36. The highest BCUT2D eigenvalue weighted by Crippen LogP contribution is 2.21. The zero-order valence-electron chi connectivity index (χ0n) is 16.1.